The number of aromatic nitrogens is 1. The maximum absolute atomic E-state index is 12.3. The van der Waals surface area contributed by atoms with Crippen molar-refractivity contribution in [2.24, 2.45) is 0 Å². The fraction of sp³-hybridized carbons (Fsp3) is 0.300. The third kappa shape index (κ3) is 5.39. The van der Waals surface area contributed by atoms with Crippen LogP contribution in [0.1, 0.15) is 44.6 Å². The van der Waals surface area contributed by atoms with E-state index in [9.17, 15) is 14.4 Å². The highest BCUT2D eigenvalue weighted by Gasteiger charge is 2.24. The number of hydrogen-bond donors (Lipinski definition) is 2. The van der Waals surface area contributed by atoms with Crippen molar-refractivity contribution in [2.45, 2.75) is 32.6 Å². The minimum Gasteiger partial charge on any atom is -0.462 e. The Hall–Kier alpha value is -3.25. The van der Waals surface area contributed by atoms with Gasteiger partial charge in [0.1, 0.15) is 11.1 Å². The number of anilines is 1. The first-order chi connectivity index (χ1) is 13.8. The van der Waals surface area contributed by atoms with Crippen molar-refractivity contribution < 1.29 is 23.9 Å². The lowest BCUT2D eigenvalue weighted by atomic mass is 10.1. The minimum atomic E-state index is -0.742. The van der Waals surface area contributed by atoms with Crippen LogP contribution in [0.15, 0.2) is 23.1 Å². The lowest BCUT2D eigenvalue weighted by molar-refractivity contribution is -0.119. The first-order valence-electron chi connectivity index (χ1n) is 8.78. The van der Waals surface area contributed by atoms with E-state index in [2.05, 4.69) is 10.3 Å². The molecule has 0 aliphatic heterocycles. The summed E-state index contributed by atoms with van der Waals surface area (Å²) in [5, 5.41) is 13.3. The summed E-state index contributed by atoms with van der Waals surface area (Å²) in [4.78, 5) is 40.1. The molecule has 0 atom stereocenters. The van der Waals surface area contributed by atoms with E-state index in [1.54, 1.807) is 45.9 Å². The average molecular weight is 415 g/mol. The average Bonchev–Trinajstić information content (AvgIpc) is 2.97. The Balaban J connectivity index is 2.01. The lowest BCUT2D eigenvalue weighted by Gasteiger charge is -2.09. The van der Waals surface area contributed by atoms with Crippen molar-refractivity contribution in [3.63, 3.8) is 0 Å². The number of carbonyl (C=O) groups is 3. The number of ether oxygens (including phenoxy) is 2. The molecule has 0 saturated heterocycles. The molecule has 1 aromatic carbocycles. The quantitative estimate of drug-likeness (QED) is 0.403. The number of nitrogens with zero attached hydrogens (tertiary/aromatic N) is 1. The van der Waals surface area contributed by atoms with Crippen molar-refractivity contribution in [3.8, 4) is 5.40 Å². The smallest absolute Gasteiger partial charge is 0.355 e. The number of amides is 1. The van der Waals surface area contributed by atoms with Crippen LogP contribution in [0.2, 0.25) is 0 Å². The zero-order chi connectivity index (χ0) is 21.6. The Morgan fingerprint density at radius 1 is 1.17 bits per heavy atom. The topological polar surface area (TPSA) is 121 Å². The van der Waals surface area contributed by atoms with Gasteiger partial charge in [-0.1, -0.05) is 0 Å². The molecule has 9 heteroatoms. The number of rotatable bonds is 7. The molecule has 152 valence electrons. The second-order valence-corrected chi connectivity index (χ2v) is 7.00. The molecule has 1 aromatic heterocycles. The number of aryl methyl sites for hydroxylation is 2. The molecule has 1 heterocycles. The largest absolute Gasteiger partial charge is 0.462 e. The molecule has 0 aliphatic carbocycles. The summed E-state index contributed by atoms with van der Waals surface area (Å²) in [7, 11) is 0. The molecule has 2 rings (SSSR count). The fourth-order valence-corrected chi connectivity index (χ4v) is 3.22. The molecular weight excluding hydrogens is 394 g/mol. The Bertz CT molecular complexity index is 991. The third-order valence-electron chi connectivity index (χ3n) is 4.09. The van der Waals surface area contributed by atoms with Crippen molar-refractivity contribution in [3.05, 3.63) is 46.3 Å². The van der Waals surface area contributed by atoms with E-state index in [4.69, 9.17) is 14.7 Å². The van der Waals surface area contributed by atoms with Crippen molar-refractivity contribution in [1.29, 1.82) is 5.26 Å². The highest BCUT2D eigenvalue weighted by Crippen LogP contribution is 2.23. The van der Waals surface area contributed by atoms with Crippen LogP contribution in [0, 0.1) is 31.4 Å². The van der Waals surface area contributed by atoms with E-state index < -0.39 is 24.5 Å². The number of nitriles is 1. The summed E-state index contributed by atoms with van der Waals surface area (Å²) in [5.74, 6) is -1.77. The Morgan fingerprint density at radius 3 is 2.52 bits per heavy atom. The van der Waals surface area contributed by atoms with Gasteiger partial charge in [-0.05, 0) is 68.8 Å². The van der Waals surface area contributed by atoms with Crippen LogP contribution in [0.5, 0.6) is 0 Å². The van der Waals surface area contributed by atoms with Gasteiger partial charge in [-0.25, -0.2) is 9.59 Å². The molecule has 0 aliphatic rings. The number of benzene rings is 1. The van der Waals surface area contributed by atoms with E-state index in [1.165, 1.54) is 0 Å². The van der Waals surface area contributed by atoms with E-state index >= 15 is 0 Å². The first kappa shape index (κ1) is 22.0. The second kappa shape index (κ2) is 9.80. The highest BCUT2D eigenvalue weighted by atomic mass is 32.2. The fourth-order valence-electron chi connectivity index (χ4n) is 2.75. The van der Waals surface area contributed by atoms with Gasteiger partial charge in [0.15, 0.2) is 6.61 Å². The summed E-state index contributed by atoms with van der Waals surface area (Å²) in [6, 6.07) is 5.17. The molecule has 8 nitrogen and oxygen atoms in total. The SMILES string of the molecule is CCOC(=O)c1c(C)[nH]c(C(=O)OCC(=O)Nc2ccc(SC#N)cc2C)c1C. The number of aromatic amines is 1. The number of esters is 2. The number of H-pyrrole nitrogens is 1. The van der Waals surface area contributed by atoms with Gasteiger partial charge in [-0.3, -0.25) is 4.79 Å². The van der Waals surface area contributed by atoms with Crippen LogP contribution in [-0.2, 0) is 14.3 Å². The number of hydrogen-bond acceptors (Lipinski definition) is 7. The molecule has 0 bridgehead atoms. The molecule has 0 unspecified atom stereocenters. The Morgan fingerprint density at radius 2 is 1.90 bits per heavy atom. The normalized spacial score (nSPS) is 10.2. The molecule has 1 amide bonds. The Labute approximate surface area is 172 Å². The predicted octanol–water partition coefficient (Wildman–Crippen LogP) is 3.49. The van der Waals surface area contributed by atoms with E-state index in [0.29, 0.717) is 16.9 Å². The number of nitrogens with one attached hydrogen (secondary N) is 2. The predicted molar refractivity (Wildman–Crippen MR) is 108 cm³/mol. The first-order valence-corrected chi connectivity index (χ1v) is 9.60. The maximum Gasteiger partial charge on any atom is 0.355 e. The highest BCUT2D eigenvalue weighted by molar-refractivity contribution is 8.03. The zero-order valence-corrected chi connectivity index (χ0v) is 17.4. The standard InChI is InChI=1S/C20H21N3O5S/c1-5-27-19(25)17-12(3)18(22-13(17)4)20(26)28-9-16(24)23-15-7-6-14(29-10-21)8-11(15)2/h6-8,22H,5,9H2,1-4H3,(H,23,24). The van der Waals surface area contributed by atoms with Gasteiger partial charge in [-0.2, -0.15) is 5.26 Å². The molecule has 2 aromatic rings. The molecule has 0 fully saturated rings. The van der Waals surface area contributed by atoms with Gasteiger partial charge in [0.05, 0.1) is 12.2 Å². The zero-order valence-electron chi connectivity index (χ0n) is 16.5. The van der Waals surface area contributed by atoms with Crippen LogP contribution in [0.25, 0.3) is 0 Å². The van der Waals surface area contributed by atoms with E-state index in [1.807, 2.05) is 5.40 Å². The molecule has 29 heavy (non-hydrogen) atoms. The molecule has 0 radical (unpaired) electrons. The van der Waals surface area contributed by atoms with E-state index in [-0.39, 0.29) is 17.9 Å². The van der Waals surface area contributed by atoms with Crippen LogP contribution in [0.4, 0.5) is 5.69 Å². The number of thioether (sulfide) groups is 1. The number of carbonyl (C=O) groups excluding carboxylic acids is 3. The van der Waals surface area contributed by atoms with Gasteiger partial charge < -0.3 is 19.8 Å². The van der Waals surface area contributed by atoms with E-state index in [0.717, 1.165) is 22.2 Å². The van der Waals surface area contributed by atoms with Gasteiger partial charge in [0, 0.05) is 16.3 Å². The van der Waals surface area contributed by atoms with Gasteiger partial charge in [0.2, 0.25) is 0 Å². The monoisotopic (exact) mass is 415 g/mol. The Kier molecular flexibility index (Phi) is 7.45. The summed E-state index contributed by atoms with van der Waals surface area (Å²) in [6.07, 6.45) is 0. The van der Waals surface area contributed by atoms with Crippen molar-refractivity contribution in [1.82, 2.24) is 4.98 Å². The summed E-state index contributed by atoms with van der Waals surface area (Å²) >= 11 is 1.03. The number of thiocyanates is 1. The van der Waals surface area contributed by atoms with Crippen LogP contribution in [-0.4, -0.2) is 36.0 Å². The van der Waals surface area contributed by atoms with Crippen molar-refractivity contribution in [2.75, 3.05) is 18.5 Å². The molecule has 2 N–H and O–H groups in total. The maximum atomic E-state index is 12.3. The van der Waals surface area contributed by atoms with Crippen LogP contribution >= 0.6 is 11.8 Å². The van der Waals surface area contributed by atoms with Gasteiger partial charge in [0.25, 0.3) is 5.91 Å². The third-order valence-corrected chi connectivity index (χ3v) is 4.67. The summed E-state index contributed by atoms with van der Waals surface area (Å²) < 4.78 is 10.1. The summed E-state index contributed by atoms with van der Waals surface area (Å²) in [5.41, 5.74) is 2.63. The second-order valence-electron chi connectivity index (χ2n) is 6.14. The van der Waals surface area contributed by atoms with Crippen LogP contribution in [0.3, 0.4) is 0 Å². The lowest BCUT2D eigenvalue weighted by Crippen LogP contribution is -2.21. The summed E-state index contributed by atoms with van der Waals surface area (Å²) in [6.45, 7) is 6.49. The van der Waals surface area contributed by atoms with Crippen LogP contribution < -0.4 is 5.32 Å². The minimum absolute atomic E-state index is 0.104. The molecule has 0 spiro atoms. The molecule has 0 saturated carbocycles. The van der Waals surface area contributed by atoms with Gasteiger partial charge in [-0.15, -0.1) is 0 Å². The van der Waals surface area contributed by atoms with Gasteiger partial charge >= 0.3 is 11.9 Å². The van der Waals surface area contributed by atoms with Crippen molar-refractivity contribution >= 4 is 35.3 Å². The molecular formula is C20H21N3O5S.